The van der Waals surface area contributed by atoms with E-state index in [-0.39, 0.29) is 34.9 Å². The first-order valence-corrected chi connectivity index (χ1v) is 8.91. The highest BCUT2D eigenvalue weighted by molar-refractivity contribution is 9.10. The minimum Gasteiger partial charge on any atom is -0.326 e. The molecule has 0 aliphatic rings. The standard InChI is InChI=1S/C17H12BrClN4O4/c18-10-1-4-14-12(7-10)17(25)22(9-20-14)6-5-16(24)21-11-2-3-13(19)15(8-11)23(26)27/h1-4,7-9H,5-6H2,(H,21,24). The van der Waals surface area contributed by atoms with Crippen LogP contribution in [0.4, 0.5) is 11.4 Å². The van der Waals surface area contributed by atoms with Crippen LogP contribution in [0, 0.1) is 10.1 Å². The number of nitrogens with zero attached hydrogens (tertiary/aromatic N) is 3. The summed E-state index contributed by atoms with van der Waals surface area (Å²) < 4.78 is 2.10. The van der Waals surface area contributed by atoms with Gasteiger partial charge in [-0.3, -0.25) is 24.3 Å². The van der Waals surface area contributed by atoms with Crippen molar-refractivity contribution in [1.29, 1.82) is 0 Å². The van der Waals surface area contributed by atoms with Gasteiger partial charge in [-0.05, 0) is 30.3 Å². The Morgan fingerprint density at radius 1 is 1.30 bits per heavy atom. The first-order chi connectivity index (χ1) is 12.8. The van der Waals surface area contributed by atoms with Crippen LogP contribution in [0.5, 0.6) is 0 Å². The maximum Gasteiger partial charge on any atom is 0.289 e. The lowest BCUT2D eigenvalue weighted by Crippen LogP contribution is -2.23. The molecule has 2 aromatic carbocycles. The zero-order valence-electron chi connectivity index (χ0n) is 13.7. The molecule has 1 N–H and O–H groups in total. The SMILES string of the molecule is O=C(CCn1cnc2ccc(Br)cc2c1=O)Nc1ccc(Cl)c([N+](=O)[O-])c1. The third-order valence-corrected chi connectivity index (χ3v) is 4.61. The lowest BCUT2D eigenvalue weighted by atomic mass is 10.2. The fourth-order valence-corrected chi connectivity index (χ4v) is 3.01. The smallest absolute Gasteiger partial charge is 0.289 e. The Morgan fingerprint density at radius 3 is 2.81 bits per heavy atom. The lowest BCUT2D eigenvalue weighted by Gasteiger charge is -2.08. The van der Waals surface area contributed by atoms with Crippen molar-refractivity contribution in [3.8, 4) is 0 Å². The summed E-state index contributed by atoms with van der Waals surface area (Å²) >= 11 is 9.06. The van der Waals surface area contributed by atoms with E-state index in [1.807, 2.05) is 0 Å². The molecule has 0 bridgehead atoms. The second kappa shape index (κ2) is 7.85. The van der Waals surface area contributed by atoms with E-state index < -0.39 is 10.8 Å². The number of amides is 1. The normalized spacial score (nSPS) is 10.7. The van der Waals surface area contributed by atoms with Gasteiger partial charge in [-0.1, -0.05) is 27.5 Å². The first kappa shape index (κ1) is 19.0. The molecule has 8 nitrogen and oxygen atoms in total. The van der Waals surface area contributed by atoms with Gasteiger partial charge < -0.3 is 5.32 Å². The Bertz CT molecular complexity index is 1120. The molecule has 0 spiro atoms. The van der Waals surface area contributed by atoms with Gasteiger partial charge in [-0.25, -0.2) is 4.98 Å². The number of rotatable bonds is 5. The highest BCUT2D eigenvalue weighted by Gasteiger charge is 2.14. The Labute approximate surface area is 166 Å². The average molecular weight is 452 g/mol. The molecule has 0 saturated carbocycles. The minimum atomic E-state index is -0.629. The van der Waals surface area contributed by atoms with Crippen LogP contribution in [0.15, 0.2) is 52.0 Å². The Morgan fingerprint density at radius 2 is 2.07 bits per heavy atom. The summed E-state index contributed by atoms with van der Waals surface area (Å²) in [6.45, 7) is 0.121. The molecule has 0 saturated heterocycles. The van der Waals surface area contributed by atoms with Crippen molar-refractivity contribution in [2.75, 3.05) is 5.32 Å². The van der Waals surface area contributed by atoms with Gasteiger partial charge in [0.2, 0.25) is 5.91 Å². The van der Waals surface area contributed by atoms with Gasteiger partial charge in [0, 0.05) is 29.2 Å². The van der Waals surface area contributed by atoms with E-state index in [0.717, 1.165) is 4.47 Å². The number of aryl methyl sites for hydroxylation is 1. The van der Waals surface area contributed by atoms with E-state index in [1.54, 1.807) is 18.2 Å². The van der Waals surface area contributed by atoms with Gasteiger partial charge in [0.25, 0.3) is 11.2 Å². The summed E-state index contributed by atoms with van der Waals surface area (Å²) in [6.07, 6.45) is 1.39. The average Bonchev–Trinajstić information content (AvgIpc) is 2.63. The van der Waals surface area contributed by atoms with Crippen molar-refractivity contribution < 1.29 is 9.72 Å². The van der Waals surface area contributed by atoms with Crippen LogP contribution in [-0.4, -0.2) is 20.4 Å². The summed E-state index contributed by atoms with van der Waals surface area (Å²) in [6, 6.07) is 9.18. The fraction of sp³-hybridized carbons (Fsp3) is 0.118. The molecule has 1 amide bonds. The van der Waals surface area contributed by atoms with Crippen molar-refractivity contribution in [3.05, 3.63) is 72.7 Å². The molecule has 0 unspecified atom stereocenters. The van der Waals surface area contributed by atoms with Gasteiger partial charge in [0.15, 0.2) is 0 Å². The molecule has 10 heteroatoms. The molecule has 1 aromatic heterocycles. The van der Waals surface area contributed by atoms with Gasteiger partial charge in [0.1, 0.15) is 5.02 Å². The van der Waals surface area contributed by atoms with Gasteiger partial charge in [-0.15, -0.1) is 0 Å². The number of anilines is 1. The first-order valence-electron chi connectivity index (χ1n) is 7.73. The Balaban J connectivity index is 1.72. The molecule has 0 aliphatic carbocycles. The Hall–Kier alpha value is -2.78. The highest BCUT2D eigenvalue weighted by atomic mass is 79.9. The van der Waals surface area contributed by atoms with E-state index >= 15 is 0 Å². The quantitative estimate of drug-likeness (QED) is 0.469. The number of nitrogens with one attached hydrogen (secondary N) is 1. The maximum absolute atomic E-state index is 12.5. The van der Waals surface area contributed by atoms with E-state index in [4.69, 9.17) is 11.6 Å². The highest BCUT2D eigenvalue weighted by Crippen LogP contribution is 2.27. The van der Waals surface area contributed by atoms with E-state index in [0.29, 0.717) is 10.9 Å². The number of fused-ring (bicyclic) bond motifs is 1. The number of nitro benzene ring substituents is 1. The number of benzene rings is 2. The van der Waals surface area contributed by atoms with Crippen molar-refractivity contribution in [2.24, 2.45) is 0 Å². The fourth-order valence-electron chi connectivity index (χ4n) is 2.47. The van der Waals surface area contributed by atoms with Gasteiger partial charge in [-0.2, -0.15) is 0 Å². The largest absolute Gasteiger partial charge is 0.326 e. The zero-order valence-corrected chi connectivity index (χ0v) is 16.0. The second-order valence-corrected chi connectivity index (χ2v) is 6.95. The third-order valence-electron chi connectivity index (χ3n) is 3.79. The number of aromatic nitrogens is 2. The molecule has 1 heterocycles. The molecule has 0 aliphatic heterocycles. The van der Waals surface area contributed by atoms with E-state index in [1.165, 1.54) is 29.1 Å². The zero-order chi connectivity index (χ0) is 19.6. The minimum absolute atomic E-state index is 0.00246. The van der Waals surface area contributed by atoms with Crippen molar-refractivity contribution in [3.63, 3.8) is 0 Å². The van der Waals surface area contributed by atoms with Crippen LogP contribution in [-0.2, 0) is 11.3 Å². The molecule has 0 atom stereocenters. The number of hydrogen-bond acceptors (Lipinski definition) is 5. The Kier molecular flexibility index (Phi) is 5.52. The van der Waals surface area contributed by atoms with Crippen LogP contribution < -0.4 is 10.9 Å². The van der Waals surface area contributed by atoms with Crippen LogP contribution in [0.3, 0.4) is 0 Å². The molecule has 138 valence electrons. The maximum atomic E-state index is 12.5. The number of hydrogen-bond donors (Lipinski definition) is 1. The number of carbonyl (C=O) groups is 1. The lowest BCUT2D eigenvalue weighted by molar-refractivity contribution is -0.384. The number of nitro groups is 1. The molecule has 3 aromatic rings. The summed E-state index contributed by atoms with van der Waals surface area (Å²) in [4.78, 5) is 39.1. The van der Waals surface area contributed by atoms with Crippen molar-refractivity contribution in [1.82, 2.24) is 9.55 Å². The third kappa shape index (κ3) is 4.32. The van der Waals surface area contributed by atoms with Crippen molar-refractivity contribution >= 4 is 55.7 Å². The van der Waals surface area contributed by atoms with Gasteiger partial charge in [0.05, 0.1) is 22.2 Å². The van der Waals surface area contributed by atoms with Crippen LogP contribution in [0.25, 0.3) is 10.9 Å². The molecule has 0 fully saturated rings. The molecular weight excluding hydrogens is 440 g/mol. The molecule has 27 heavy (non-hydrogen) atoms. The molecule has 0 radical (unpaired) electrons. The summed E-state index contributed by atoms with van der Waals surface area (Å²) in [5.41, 5.74) is 0.271. The van der Waals surface area contributed by atoms with Crippen LogP contribution in [0.1, 0.15) is 6.42 Å². The monoisotopic (exact) mass is 450 g/mol. The summed E-state index contributed by atoms with van der Waals surface area (Å²) in [5.74, 6) is -0.396. The van der Waals surface area contributed by atoms with Gasteiger partial charge >= 0.3 is 0 Å². The predicted octanol–water partition coefficient (Wildman–Crippen LogP) is 3.75. The number of halogens is 2. The summed E-state index contributed by atoms with van der Waals surface area (Å²) in [5, 5.41) is 13.9. The van der Waals surface area contributed by atoms with Crippen molar-refractivity contribution in [2.45, 2.75) is 13.0 Å². The summed E-state index contributed by atoms with van der Waals surface area (Å²) in [7, 11) is 0. The second-order valence-electron chi connectivity index (χ2n) is 5.63. The van der Waals surface area contributed by atoms with E-state index in [9.17, 15) is 19.7 Å². The molecular formula is C17H12BrClN4O4. The topological polar surface area (TPSA) is 107 Å². The predicted molar refractivity (Wildman–Crippen MR) is 105 cm³/mol. The van der Waals surface area contributed by atoms with E-state index in [2.05, 4.69) is 26.2 Å². The van der Waals surface area contributed by atoms with Crippen LogP contribution in [0.2, 0.25) is 5.02 Å². The number of carbonyl (C=O) groups excluding carboxylic acids is 1. The van der Waals surface area contributed by atoms with Crippen LogP contribution >= 0.6 is 27.5 Å². The molecule has 3 rings (SSSR count).